The summed E-state index contributed by atoms with van der Waals surface area (Å²) in [6, 6.07) is 17.9. The molecule has 0 N–H and O–H groups in total. The number of hydrogen-bond donors (Lipinski definition) is 0. The average molecular weight is 480 g/mol. The Morgan fingerprint density at radius 2 is 1.67 bits per heavy atom. The second-order valence-corrected chi connectivity index (χ2v) is 8.66. The third kappa shape index (κ3) is 3.40. The van der Waals surface area contributed by atoms with E-state index in [0.717, 1.165) is 32.8 Å². The first-order valence-electron chi connectivity index (χ1n) is 9.64. The number of carbonyl (C=O) groups excluding carboxylic acids is 1. The monoisotopic (exact) mass is 479 g/mol. The third-order valence-electron chi connectivity index (χ3n) is 5.44. The molecular formula is C24H22BrN3OS. The number of rotatable bonds is 3. The summed E-state index contributed by atoms with van der Waals surface area (Å²) in [5.41, 5.74) is 6.80. The smallest absolute Gasteiger partial charge is 0.281 e. The molecule has 1 aliphatic heterocycles. The van der Waals surface area contributed by atoms with Gasteiger partial charge in [0.2, 0.25) is 0 Å². The molecule has 6 heteroatoms. The number of anilines is 1. The summed E-state index contributed by atoms with van der Waals surface area (Å²) in [5, 5.41) is 0.481. The lowest BCUT2D eigenvalue weighted by molar-refractivity contribution is -0.114. The minimum atomic E-state index is -0.113. The van der Waals surface area contributed by atoms with E-state index in [1.54, 1.807) is 9.80 Å². The van der Waals surface area contributed by atoms with Gasteiger partial charge in [-0.3, -0.25) is 9.69 Å². The molecule has 1 fully saturated rings. The number of aromatic nitrogens is 1. The SMILES string of the molecule is Cc1cc(-n2c(C)cc(/C=C3/C(=O)N(c4ccccc4)C(=S)N3C)c2C)ccc1Br. The number of aryl methyl sites for hydroxylation is 2. The maximum atomic E-state index is 13.2. The van der Waals surface area contributed by atoms with Crippen LogP contribution in [0.2, 0.25) is 0 Å². The Bertz CT molecular complexity index is 1200. The predicted octanol–water partition coefficient (Wildman–Crippen LogP) is 5.77. The average Bonchev–Trinajstić information content (AvgIpc) is 3.12. The van der Waals surface area contributed by atoms with Crippen LogP contribution in [0.5, 0.6) is 0 Å². The Hall–Kier alpha value is -2.70. The van der Waals surface area contributed by atoms with Crippen molar-refractivity contribution in [2.24, 2.45) is 0 Å². The molecule has 152 valence electrons. The van der Waals surface area contributed by atoms with Crippen molar-refractivity contribution in [3.05, 3.63) is 87.3 Å². The second kappa shape index (κ2) is 7.85. The van der Waals surface area contributed by atoms with E-state index in [2.05, 4.69) is 65.5 Å². The van der Waals surface area contributed by atoms with Gasteiger partial charge in [-0.1, -0.05) is 34.1 Å². The molecule has 0 radical (unpaired) electrons. The van der Waals surface area contributed by atoms with Crippen molar-refractivity contribution in [3.63, 3.8) is 0 Å². The molecule has 4 rings (SSSR count). The van der Waals surface area contributed by atoms with Gasteiger partial charge in [-0.05, 0) is 86.6 Å². The van der Waals surface area contributed by atoms with Gasteiger partial charge in [0, 0.05) is 28.6 Å². The van der Waals surface area contributed by atoms with Gasteiger partial charge in [0.15, 0.2) is 5.11 Å². The second-order valence-electron chi connectivity index (χ2n) is 7.44. The zero-order valence-corrected chi connectivity index (χ0v) is 19.7. The van der Waals surface area contributed by atoms with E-state index >= 15 is 0 Å². The Morgan fingerprint density at radius 3 is 2.33 bits per heavy atom. The number of hydrogen-bond acceptors (Lipinski definition) is 2. The van der Waals surface area contributed by atoms with E-state index in [1.165, 1.54) is 5.56 Å². The highest BCUT2D eigenvalue weighted by Gasteiger charge is 2.36. The maximum absolute atomic E-state index is 13.2. The number of carbonyl (C=O) groups is 1. The molecule has 3 aromatic rings. The standard InChI is InChI=1S/C24H22BrN3OS/c1-15-12-20(10-11-21(15)25)27-16(2)13-18(17(27)3)14-22-23(29)28(24(30)26(22)4)19-8-6-5-7-9-19/h5-14H,1-4H3/b22-14-. The fourth-order valence-electron chi connectivity index (χ4n) is 3.81. The van der Waals surface area contributed by atoms with Crippen LogP contribution in [-0.4, -0.2) is 27.5 Å². The highest BCUT2D eigenvalue weighted by atomic mass is 79.9. The molecule has 2 heterocycles. The van der Waals surface area contributed by atoms with Crippen LogP contribution in [0.25, 0.3) is 11.8 Å². The van der Waals surface area contributed by atoms with Crippen LogP contribution in [0.1, 0.15) is 22.5 Å². The molecule has 1 amide bonds. The normalized spacial score (nSPS) is 15.6. The third-order valence-corrected chi connectivity index (χ3v) is 6.78. The quantitative estimate of drug-likeness (QED) is 0.352. The number of benzene rings is 2. The molecule has 0 bridgehead atoms. The zero-order chi connectivity index (χ0) is 21.6. The predicted molar refractivity (Wildman–Crippen MR) is 130 cm³/mol. The highest BCUT2D eigenvalue weighted by molar-refractivity contribution is 9.10. The van der Waals surface area contributed by atoms with Crippen LogP contribution < -0.4 is 4.90 Å². The van der Waals surface area contributed by atoms with Crippen LogP contribution in [0.3, 0.4) is 0 Å². The van der Waals surface area contributed by atoms with Crippen LogP contribution >= 0.6 is 28.1 Å². The van der Waals surface area contributed by atoms with Crippen molar-refractivity contribution < 1.29 is 4.79 Å². The zero-order valence-electron chi connectivity index (χ0n) is 17.3. The number of para-hydroxylation sites is 1. The number of likely N-dealkylation sites (N-methyl/N-ethyl adjacent to an activating group) is 1. The number of amides is 1. The summed E-state index contributed by atoms with van der Waals surface area (Å²) < 4.78 is 3.29. The fraction of sp³-hybridized carbons (Fsp3) is 0.167. The summed E-state index contributed by atoms with van der Waals surface area (Å²) in [6.07, 6.45) is 1.93. The highest BCUT2D eigenvalue weighted by Crippen LogP contribution is 2.30. The summed E-state index contributed by atoms with van der Waals surface area (Å²) in [4.78, 5) is 16.6. The molecule has 1 saturated heterocycles. The van der Waals surface area contributed by atoms with Gasteiger partial charge in [-0.15, -0.1) is 0 Å². The van der Waals surface area contributed by atoms with Crippen molar-refractivity contribution in [1.82, 2.24) is 9.47 Å². The van der Waals surface area contributed by atoms with Crippen molar-refractivity contribution in [2.75, 3.05) is 11.9 Å². The van der Waals surface area contributed by atoms with E-state index in [-0.39, 0.29) is 5.91 Å². The molecule has 0 aliphatic carbocycles. The first kappa shape index (κ1) is 20.6. The minimum Gasteiger partial charge on any atom is -0.318 e. The molecule has 30 heavy (non-hydrogen) atoms. The maximum Gasteiger partial charge on any atom is 0.281 e. The van der Waals surface area contributed by atoms with E-state index in [4.69, 9.17) is 12.2 Å². The van der Waals surface area contributed by atoms with Crippen LogP contribution in [0.15, 0.2) is 64.8 Å². The first-order valence-corrected chi connectivity index (χ1v) is 10.8. The van der Waals surface area contributed by atoms with Crippen LogP contribution in [0, 0.1) is 20.8 Å². The molecule has 0 saturated carbocycles. The first-order chi connectivity index (χ1) is 14.3. The van der Waals surface area contributed by atoms with Gasteiger partial charge in [-0.25, -0.2) is 0 Å². The van der Waals surface area contributed by atoms with Gasteiger partial charge in [0.05, 0.1) is 5.69 Å². The lowest BCUT2D eigenvalue weighted by Gasteiger charge is -2.16. The number of thiocarbonyl (C=S) groups is 1. The lowest BCUT2D eigenvalue weighted by Crippen LogP contribution is -2.30. The van der Waals surface area contributed by atoms with Crippen LogP contribution in [-0.2, 0) is 4.79 Å². The summed E-state index contributed by atoms with van der Waals surface area (Å²) >= 11 is 9.13. The molecule has 2 aromatic carbocycles. The number of halogens is 1. The molecule has 0 atom stereocenters. The Morgan fingerprint density at radius 1 is 0.967 bits per heavy atom. The van der Waals surface area contributed by atoms with Gasteiger partial charge in [0.1, 0.15) is 5.70 Å². The van der Waals surface area contributed by atoms with Crippen molar-refractivity contribution in [1.29, 1.82) is 0 Å². The minimum absolute atomic E-state index is 0.113. The van der Waals surface area contributed by atoms with Crippen molar-refractivity contribution in [2.45, 2.75) is 20.8 Å². The van der Waals surface area contributed by atoms with Gasteiger partial charge in [0.25, 0.3) is 5.91 Å². The van der Waals surface area contributed by atoms with Gasteiger partial charge in [-0.2, -0.15) is 0 Å². The Kier molecular flexibility index (Phi) is 5.38. The van der Waals surface area contributed by atoms with E-state index in [9.17, 15) is 4.79 Å². The van der Waals surface area contributed by atoms with Gasteiger partial charge >= 0.3 is 0 Å². The number of nitrogens with zero attached hydrogens (tertiary/aromatic N) is 3. The molecule has 0 spiro atoms. The lowest BCUT2D eigenvalue weighted by atomic mass is 10.2. The largest absolute Gasteiger partial charge is 0.318 e. The van der Waals surface area contributed by atoms with Crippen molar-refractivity contribution in [3.8, 4) is 5.69 Å². The topological polar surface area (TPSA) is 28.5 Å². The van der Waals surface area contributed by atoms with E-state index in [0.29, 0.717) is 10.8 Å². The van der Waals surface area contributed by atoms with Gasteiger partial charge < -0.3 is 9.47 Å². The summed E-state index contributed by atoms with van der Waals surface area (Å²) in [5.74, 6) is -0.113. The Labute approximate surface area is 190 Å². The fourth-order valence-corrected chi connectivity index (χ4v) is 4.34. The van der Waals surface area contributed by atoms with E-state index in [1.807, 2.05) is 43.5 Å². The molecule has 4 nitrogen and oxygen atoms in total. The van der Waals surface area contributed by atoms with Crippen LogP contribution in [0.4, 0.5) is 5.69 Å². The summed E-state index contributed by atoms with van der Waals surface area (Å²) in [7, 11) is 1.84. The molecular weight excluding hydrogens is 458 g/mol. The summed E-state index contributed by atoms with van der Waals surface area (Å²) in [6.45, 7) is 6.23. The molecule has 1 aliphatic rings. The Balaban J connectivity index is 1.76. The van der Waals surface area contributed by atoms with E-state index < -0.39 is 0 Å². The van der Waals surface area contributed by atoms with Crippen molar-refractivity contribution >= 4 is 50.9 Å². The molecule has 0 unspecified atom stereocenters. The molecule has 1 aromatic heterocycles.